The zero-order chi connectivity index (χ0) is 23.4. The summed E-state index contributed by atoms with van der Waals surface area (Å²) in [5.41, 5.74) is 2.74. The molecule has 0 unspecified atom stereocenters. The van der Waals surface area contributed by atoms with E-state index in [2.05, 4.69) is 10.6 Å². The molecule has 2 aromatic heterocycles. The highest BCUT2D eigenvalue weighted by Gasteiger charge is 2.21. The maximum absolute atomic E-state index is 12.3. The molecular formula is C24H22Cl2N4O2S. The molecule has 0 amide bonds. The average Bonchev–Trinajstić information content (AvgIpc) is 3.15. The van der Waals surface area contributed by atoms with Crippen LogP contribution in [0.1, 0.15) is 32.2 Å². The van der Waals surface area contributed by atoms with Gasteiger partial charge in [-0.25, -0.2) is 14.8 Å². The Morgan fingerprint density at radius 3 is 2.24 bits per heavy atom. The first-order valence-corrected chi connectivity index (χ1v) is 11.8. The van der Waals surface area contributed by atoms with Gasteiger partial charge < -0.3 is 15.4 Å². The third-order valence-corrected chi connectivity index (χ3v) is 7.07. The van der Waals surface area contributed by atoms with Crippen LogP contribution in [-0.2, 0) is 24.4 Å². The largest absolute Gasteiger partial charge is 0.465 e. The summed E-state index contributed by atoms with van der Waals surface area (Å²) in [6.45, 7) is 3.39. The van der Waals surface area contributed by atoms with Crippen molar-refractivity contribution < 1.29 is 9.53 Å². The van der Waals surface area contributed by atoms with Gasteiger partial charge in [-0.1, -0.05) is 59.6 Å². The van der Waals surface area contributed by atoms with Gasteiger partial charge in [-0.2, -0.15) is 0 Å². The molecule has 0 saturated heterocycles. The quantitative estimate of drug-likeness (QED) is 0.289. The number of aryl methyl sites for hydroxylation is 1. The van der Waals surface area contributed by atoms with Crippen molar-refractivity contribution in [2.75, 3.05) is 12.4 Å². The van der Waals surface area contributed by atoms with E-state index in [9.17, 15) is 4.79 Å². The minimum absolute atomic E-state index is 0.383. The topological polar surface area (TPSA) is 76.1 Å². The number of ether oxygens (including phenoxy) is 1. The number of halogens is 2. The fourth-order valence-corrected chi connectivity index (χ4v) is 4.97. The van der Waals surface area contributed by atoms with E-state index in [0.717, 1.165) is 26.9 Å². The molecule has 0 bridgehead atoms. The van der Waals surface area contributed by atoms with Gasteiger partial charge in [0.05, 0.1) is 19.0 Å². The number of hydrogen-bond acceptors (Lipinski definition) is 7. The lowest BCUT2D eigenvalue weighted by Gasteiger charge is -2.11. The van der Waals surface area contributed by atoms with Crippen LogP contribution >= 0.6 is 34.5 Å². The maximum atomic E-state index is 12.3. The number of nitrogens with one attached hydrogen (secondary N) is 2. The number of fused-ring (bicyclic) bond motifs is 1. The molecule has 0 aliphatic carbocycles. The van der Waals surface area contributed by atoms with E-state index in [-0.39, 0.29) is 5.97 Å². The van der Waals surface area contributed by atoms with E-state index in [1.54, 1.807) is 0 Å². The maximum Gasteiger partial charge on any atom is 0.348 e. The summed E-state index contributed by atoms with van der Waals surface area (Å²) in [5, 5.41) is 8.92. The summed E-state index contributed by atoms with van der Waals surface area (Å²) in [6.07, 6.45) is 0. The zero-order valence-corrected chi connectivity index (χ0v) is 20.4. The van der Waals surface area contributed by atoms with Gasteiger partial charge in [0.15, 0.2) is 0 Å². The molecule has 170 valence electrons. The van der Waals surface area contributed by atoms with Gasteiger partial charge in [0.1, 0.15) is 21.3 Å². The molecule has 0 atom stereocenters. The molecule has 0 radical (unpaired) electrons. The average molecular weight is 501 g/mol. The highest BCUT2D eigenvalue weighted by molar-refractivity contribution is 7.20. The van der Waals surface area contributed by atoms with Crippen LogP contribution in [0.4, 0.5) is 5.82 Å². The SMILES string of the molecule is COC(=O)c1sc2nc(CNCc3ccccc3Cl)nc(NCc3ccccc3Cl)c2c1C. The first-order valence-electron chi connectivity index (χ1n) is 10.3. The third-order valence-electron chi connectivity index (χ3n) is 5.17. The molecule has 0 aliphatic heterocycles. The summed E-state index contributed by atoms with van der Waals surface area (Å²) in [6, 6.07) is 15.3. The predicted molar refractivity (Wildman–Crippen MR) is 134 cm³/mol. The monoisotopic (exact) mass is 500 g/mol. The molecule has 0 saturated carbocycles. The summed E-state index contributed by atoms with van der Waals surface area (Å²) in [4.78, 5) is 23.0. The molecule has 6 nitrogen and oxygen atoms in total. The minimum atomic E-state index is -0.383. The third kappa shape index (κ3) is 5.28. The summed E-state index contributed by atoms with van der Waals surface area (Å²) in [5.74, 6) is 0.873. The van der Waals surface area contributed by atoms with Crippen molar-refractivity contribution >= 4 is 56.5 Å². The van der Waals surface area contributed by atoms with Crippen LogP contribution in [-0.4, -0.2) is 23.0 Å². The van der Waals surface area contributed by atoms with Crippen molar-refractivity contribution in [3.05, 3.63) is 86.0 Å². The number of nitrogens with zero attached hydrogens (tertiary/aromatic N) is 2. The molecule has 4 aromatic rings. The number of aromatic nitrogens is 2. The molecule has 2 aromatic carbocycles. The van der Waals surface area contributed by atoms with Crippen LogP contribution in [0.25, 0.3) is 10.2 Å². The Morgan fingerprint density at radius 1 is 0.970 bits per heavy atom. The number of methoxy groups -OCH3 is 1. The highest BCUT2D eigenvalue weighted by Crippen LogP contribution is 2.34. The number of carbonyl (C=O) groups excluding carboxylic acids is 1. The van der Waals surface area contributed by atoms with Crippen LogP contribution in [0.5, 0.6) is 0 Å². The number of anilines is 1. The molecule has 33 heavy (non-hydrogen) atoms. The number of carbonyl (C=O) groups is 1. The molecule has 0 aliphatic rings. The van der Waals surface area contributed by atoms with Crippen molar-refractivity contribution in [2.24, 2.45) is 0 Å². The van der Waals surface area contributed by atoms with Crippen LogP contribution in [0.2, 0.25) is 10.0 Å². The van der Waals surface area contributed by atoms with Gasteiger partial charge in [0.25, 0.3) is 0 Å². The molecule has 9 heteroatoms. The fraction of sp³-hybridized carbons (Fsp3) is 0.208. The van der Waals surface area contributed by atoms with Crippen LogP contribution < -0.4 is 10.6 Å². The smallest absolute Gasteiger partial charge is 0.348 e. The second-order valence-corrected chi connectivity index (χ2v) is 9.17. The van der Waals surface area contributed by atoms with Gasteiger partial charge in [-0.3, -0.25) is 0 Å². The van der Waals surface area contributed by atoms with Crippen molar-refractivity contribution in [3.8, 4) is 0 Å². The van der Waals surface area contributed by atoms with E-state index < -0.39 is 0 Å². The Balaban J connectivity index is 1.63. The van der Waals surface area contributed by atoms with Crippen molar-refractivity contribution in [1.82, 2.24) is 15.3 Å². The molecular weight excluding hydrogens is 479 g/mol. The normalized spacial score (nSPS) is 11.0. The van der Waals surface area contributed by atoms with E-state index in [1.807, 2.05) is 55.5 Å². The highest BCUT2D eigenvalue weighted by atomic mass is 35.5. The predicted octanol–water partition coefficient (Wildman–Crippen LogP) is 6.00. The molecule has 0 fully saturated rings. The number of thiophene rings is 1. The number of benzene rings is 2. The van der Waals surface area contributed by atoms with E-state index in [1.165, 1.54) is 18.4 Å². The Labute approximate surface area is 205 Å². The summed E-state index contributed by atoms with van der Waals surface area (Å²) < 4.78 is 4.95. The van der Waals surface area contributed by atoms with Crippen LogP contribution in [0.3, 0.4) is 0 Å². The number of hydrogen-bond donors (Lipinski definition) is 2. The Hall–Kier alpha value is -2.71. The van der Waals surface area contributed by atoms with Gasteiger partial charge in [-0.15, -0.1) is 11.3 Å². The second kappa shape index (κ2) is 10.5. The van der Waals surface area contributed by atoms with Gasteiger partial charge >= 0.3 is 5.97 Å². The Morgan fingerprint density at radius 2 is 1.61 bits per heavy atom. The van der Waals surface area contributed by atoms with Crippen molar-refractivity contribution in [3.63, 3.8) is 0 Å². The van der Waals surface area contributed by atoms with E-state index in [4.69, 9.17) is 37.9 Å². The molecule has 2 heterocycles. The van der Waals surface area contributed by atoms with Gasteiger partial charge in [-0.05, 0) is 35.7 Å². The van der Waals surface area contributed by atoms with Crippen LogP contribution in [0.15, 0.2) is 48.5 Å². The molecule has 4 rings (SSSR count). The summed E-state index contributed by atoms with van der Waals surface area (Å²) in [7, 11) is 1.37. The molecule has 2 N–H and O–H groups in total. The van der Waals surface area contributed by atoms with Crippen molar-refractivity contribution in [2.45, 2.75) is 26.6 Å². The number of esters is 1. The fourth-order valence-electron chi connectivity index (χ4n) is 3.45. The molecule has 0 spiro atoms. The zero-order valence-electron chi connectivity index (χ0n) is 18.1. The van der Waals surface area contributed by atoms with Gasteiger partial charge in [0.2, 0.25) is 0 Å². The minimum Gasteiger partial charge on any atom is -0.465 e. The Kier molecular flexibility index (Phi) is 7.45. The lowest BCUT2D eigenvalue weighted by atomic mass is 10.2. The van der Waals surface area contributed by atoms with Crippen LogP contribution in [0, 0.1) is 6.92 Å². The second-order valence-electron chi connectivity index (χ2n) is 7.36. The Bertz CT molecular complexity index is 1310. The lowest BCUT2D eigenvalue weighted by Crippen LogP contribution is -2.16. The van der Waals surface area contributed by atoms with Crippen molar-refractivity contribution in [1.29, 1.82) is 0 Å². The summed E-state index contributed by atoms with van der Waals surface area (Å²) >= 11 is 13.9. The number of rotatable bonds is 8. The van der Waals surface area contributed by atoms with E-state index in [0.29, 0.717) is 46.2 Å². The van der Waals surface area contributed by atoms with Gasteiger partial charge in [0, 0.05) is 23.1 Å². The van der Waals surface area contributed by atoms with E-state index >= 15 is 0 Å². The lowest BCUT2D eigenvalue weighted by molar-refractivity contribution is 0.0605. The first-order chi connectivity index (χ1) is 16.0. The standard InChI is InChI=1S/C24H22Cl2N4O2S/c1-14-20-22(28-12-16-8-4-6-10-18(16)26)29-19(30-23(20)33-21(14)24(31)32-2)13-27-11-15-7-3-5-9-17(15)25/h3-10,27H,11-13H2,1-2H3,(H,28,29,30). The first kappa shape index (κ1) is 23.4.